The van der Waals surface area contributed by atoms with E-state index in [-0.39, 0.29) is 0 Å². The SMILES string of the molecule is [O]=[Ni-4](=[O])=[O]. The minimum absolute atomic E-state index is 3.21. The molecule has 0 atom stereocenters. The second kappa shape index (κ2) is 1.24. The third-order valence-corrected chi connectivity index (χ3v) is 0. The van der Waals surface area contributed by atoms with E-state index in [1.807, 2.05) is 0 Å². The molecule has 32 valence electrons. The summed E-state index contributed by atoms with van der Waals surface area (Å²) in [5, 5.41) is 0. The summed E-state index contributed by atoms with van der Waals surface area (Å²) in [6, 6.07) is 0. The van der Waals surface area contributed by atoms with Crippen LogP contribution in [0.3, 0.4) is 0 Å². The molecule has 0 amide bonds. The van der Waals surface area contributed by atoms with Gasteiger partial charge < -0.3 is 0 Å². The molecule has 0 bridgehead atoms. The molecule has 0 heterocycles. The average molecular weight is 107 g/mol. The third-order valence-electron chi connectivity index (χ3n) is 0. The molecule has 0 aromatic heterocycles. The Morgan fingerprint density at radius 1 is 1.00 bits per heavy atom. The first-order valence-corrected chi connectivity index (χ1v) is 1.60. The Hall–Kier alpha value is -0.106. The van der Waals surface area contributed by atoms with E-state index in [2.05, 4.69) is 0 Å². The van der Waals surface area contributed by atoms with Crippen LogP contribution in [0.5, 0.6) is 0 Å². The summed E-state index contributed by atoms with van der Waals surface area (Å²) in [7, 11) is 0. The van der Waals surface area contributed by atoms with E-state index in [0.29, 0.717) is 0 Å². The molecule has 0 spiro atoms. The van der Waals surface area contributed by atoms with Crippen molar-refractivity contribution in [3.63, 3.8) is 0 Å². The monoisotopic (exact) mass is 106 g/mol. The van der Waals surface area contributed by atoms with Crippen molar-refractivity contribution in [1.29, 1.82) is 0 Å². The minimum atomic E-state index is -3.21. The zero-order valence-corrected chi connectivity index (χ0v) is 2.53. The summed E-state index contributed by atoms with van der Waals surface area (Å²) in [4.78, 5) is 0. The van der Waals surface area contributed by atoms with Crippen molar-refractivity contribution in [2.45, 2.75) is 0 Å². The Morgan fingerprint density at radius 3 is 1.00 bits per heavy atom. The molecular formula is NiO3-4. The van der Waals surface area contributed by atoms with Crippen molar-refractivity contribution >= 4 is 0 Å². The molecule has 3 nitrogen and oxygen atoms in total. The summed E-state index contributed by atoms with van der Waals surface area (Å²) < 4.78 is 25.4. The van der Waals surface area contributed by atoms with E-state index in [4.69, 9.17) is 11.7 Å². The van der Waals surface area contributed by atoms with E-state index >= 15 is 0 Å². The Morgan fingerprint density at radius 2 is 1.00 bits per heavy atom. The number of rotatable bonds is 0. The normalized spacial score (nSPS) is 10.5. The van der Waals surface area contributed by atoms with Gasteiger partial charge in [0.2, 0.25) is 0 Å². The first-order valence-electron chi connectivity index (χ1n) is 0.387. The fourth-order valence-corrected chi connectivity index (χ4v) is 0. The molecule has 0 saturated heterocycles. The van der Waals surface area contributed by atoms with Crippen LogP contribution < -0.4 is 0 Å². The van der Waals surface area contributed by atoms with Crippen molar-refractivity contribution < 1.29 is 24.9 Å². The molecule has 0 aliphatic carbocycles. The van der Waals surface area contributed by atoms with Gasteiger partial charge in [0.05, 0.1) is 0 Å². The van der Waals surface area contributed by atoms with Gasteiger partial charge in [-0.25, -0.2) is 0 Å². The van der Waals surface area contributed by atoms with E-state index < -0.39 is 13.2 Å². The van der Waals surface area contributed by atoms with Gasteiger partial charge in [-0.2, -0.15) is 0 Å². The third kappa shape index (κ3) is 133. The van der Waals surface area contributed by atoms with Gasteiger partial charge in [-0.1, -0.05) is 0 Å². The van der Waals surface area contributed by atoms with Gasteiger partial charge >= 0.3 is 24.9 Å². The zero-order valence-electron chi connectivity index (χ0n) is 1.54. The molecule has 0 aromatic rings. The predicted molar refractivity (Wildman–Crippen MR) is 2.06 cm³/mol. The van der Waals surface area contributed by atoms with Crippen LogP contribution in [0.25, 0.3) is 0 Å². The van der Waals surface area contributed by atoms with Gasteiger partial charge in [0.25, 0.3) is 0 Å². The van der Waals surface area contributed by atoms with Crippen molar-refractivity contribution in [3.05, 3.63) is 0 Å². The van der Waals surface area contributed by atoms with E-state index in [0.717, 1.165) is 0 Å². The number of hydrogen-bond donors (Lipinski definition) is 0. The van der Waals surface area contributed by atoms with Gasteiger partial charge in [-0.15, -0.1) is 0 Å². The second-order valence-electron chi connectivity index (χ2n) is 0.158. The maximum atomic E-state index is 8.46. The van der Waals surface area contributed by atoms with Crippen molar-refractivity contribution in [2.75, 3.05) is 0 Å². The summed E-state index contributed by atoms with van der Waals surface area (Å²) in [5.74, 6) is 0. The fraction of sp³-hybridized carbons (Fsp3) is 0. The summed E-state index contributed by atoms with van der Waals surface area (Å²) in [5.41, 5.74) is 0. The van der Waals surface area contributed by atoms with Crippen LogP contribution in [-0.2, 0) is 24.9 Å². The molecule has 0 fully saturated rings. The van der Waals surface area contributed by atoms with E-state index in [9.17, 15) is 0 Å². The fourth-order valence-electron chi connectivity index (χ4n) is 0. The van der Waals surface area contributed by atoms with Gasteiger partial charge in [0, 0.05) is 0 Å². The van der Waals surface area contributed by atoms with Crippen molar-refractivity contribution in [2.24, 2.45) is 0 Å². The first-order chi connectivity index (χ1) is 1.73. The Bertz CT molecular complexity index is 72.7. The predicted octanol–water partition coefficient (Wildman–Crippen LogP) is -0.359. The van der Waals surface area contributed by atoms with Crippen LogP contribution >= 0.6 is 0 Å². The molecule has 0 unspecified atom stereocenters. The van der Waals surface area contributed by atoms with Crippen LogP contribution in [0, 0.1) is 0 Å². The quantitative estimate of drug-likeness (QED) is 0.397. The molecule has 0 N–H and O–H groups in total. The van der Waals surface area contributed by atoms with Gasteiger partial charge in [-0.3, -0.25) is 0 Å². The summed E-state index contributed by atoms with van der Waals surface area (Å²) in [6.45, 7) is 0. The van der Waals surface area contributed by atoms with Crippen LogP contribution in [-0.4, -0.2) is 0 Å². The van der Waals surface area contributed by atoms with Crippen LogP contribution in [0.4, 0.5) is 0 Å². The molecule has 0 radical (unpaired) electrons. The topological polar surface area (TPSA) is 51.2 Å². The van der Waals surface area contributed by atoms with Crippen LogP contribution in [0.1, 0.15) is 0 Å². The molecule has 4 heteroatoms. The molecule has 0 saturated carbocycles. The van der Waals surface area contributed by atoms with Gasteiger partial charge in [0.1, 0.15) is 0 Å². The molecule has 0 aliphatic rings. The van der Waals surface area contributed by atoms with Gasteiger partial charge in [-0.05, 0) is 0 Å². The zero-order chi connectivity index (χ0) is 3.58. The standard InChI is InChI=1S/Ni.3O/q-4;;;. The molecule has 0 rings (SSSR count). The summed E-state index contributed by atoms with van der Waals surface area (Å²) in [6.07, 6.45) is 0. The Kier molecular flexibility index (Phi) is 1.21. The van der Waals surface area contributed by atoms with Crippen molar-refractivity contribution in [1.82, 2.24) is 0 Å². The van der Waals surface area contributed by atoms with Gasteiger partial charge in [0.15, 0.2) is 0 Å². The second-order valence-corrected chi connectivity index (χ2v) is 0.652. The van der Waals surface area contributed by atoms with Crippen LogP contribution in [0.2, 0.25) is 0 Å². The molecular weight excluding hydrogens is 107 g/mol. The Labute approximate surface area is 25.8 Å². The first kappa shape index (κ1) is 3.89. The molecule has 4 heavy (non-hydrogen) atoms. The summed E-state index contributed by atoms with van der Waals surface area (Å²) >= 11 is -3.21. The van der Waals surface area contributed by atoms with E-state index in [1.54, 1.807) is 0 Å². The molecule has 0 aromatic carbocycles. The van der Waals surface area contributed by atoms with Crippen molar-refractivity contribution in [3.8, 4) is 0 Å². The van der Waals surface area contributed by atoms with Crippen LogP contribution in [0.15, 0.2) is 0 Å². The van der Waals surface area contributed by atoms with E-state index in [1.165, 1.54) is 0 Å². The number of hydrogen-bond acceptors (Lipinski definition) is 3. The average Bonchev–Trinajstić information content (AvgIpc) is 0.811. The Balaban J connectivity index is 4.65. The maximum absolute atomic E-state index is 8.46. The molecule has 0 aliphatic heterocycles.